The van der Waals surface area contributed by atoms with Gasteiger partial charge in [-0.05, 0) is 31.2 Å². The highest BCUT2D eigenvalue weighted by Crippen LogP contribution is 2.21. The molecule has 1 unspecified atom stereocenters. The molecule has 1 aromatic rings. The number of sulfonamides is 1. The number of ether oxygens (including phenoxy) is 2. The number of hydrogen-bond acceptors (Lipinski definition) is 5. The molecular formula is C14H22N2O4S. The Bertz CT molecular complexity index is 545. The highest BCUT2D eigenvalue weighted by atomic mass is 32.2. The first-order chi connectivity index (χ1) is 10.1. The van der Waals surface area contributed by atoms with Crippen molar-refractivity contribution < 1.29 is 17.9 Å². The number of methoxy groups -OCH3 is 1. The Morgan fingerprint density at radius 1 is 1.29 bits per heavy atom. The van der Waals surface area contributed by atoms with E-state index in [0.717, 1.165) is 0 Å². The van der Waals surface area contributed by atoms with Crippen molar-refractivity contribution in [3.8, 4) is 5.75 Å². The van der Waals surface area contributed by atoms with Gasteiger partial charge in [0, 0.05) is 32.8 Å². The van der Waals surface area contributed by atoms with E-state index < -0.39 is 10.0 Å². The highest BCUT2D eigenvalue weighted by molar-refractivity contribution is 7.89. The molecule has 0 aliphatic carbocycles. The normalized spacial score (nSPS) is 20.4. The van der Waals surface area contributed by atoms with E-state index in [-0.39, 0.29) is 6.04 Å². The van der Waals surface area contributed by atoms with Gasteiger partial charge < -0.3 is 14.8 Å². The van der Waals surface area contributed by atoms with Gasteiger partial charge in [0.05, 0.1) is 11.5 Å². The molecule has 0 saturated carbocycles. The van der Waals surface area contributed by atoms with Gasteiger partial charge in [-0.3, -0.25) is 0 Å². The smallest absolute Gasteiger partial charge is 0.243 e. The number of benzene rings is 1. The molecule has 6 nitrogen and oxygen atoms in total. The zero-order valence-electron chi connectivity index (χ0n) is 12.4. The molecule has 1 fully saturated rings. The van der Waals surface area contributed by atoms with E-state index in [4.69, 9.17) is 9.47 Å². The summed E-state index contributed by atoms with van der Waals surface area (Å²) in [4.78, 5) is 0.301. The van der Waals surface area contributed by atoms with Gasteiger partial charge in [0.25, 0.3) is 0 Å². The first-order valence-electron chi connectivity index (χ1n) is 7.00. The summed E-state index contributed by atoms with van der Waals surface area (Å²) < 4.78 is 37.1. The number of piperazine rings is 1. The van der Waals surface area contributed by atoms with Crippen LogP contribution in [0.15, 0.2) is 29.2 Å². The van der Waals surface area contributed by atoms with E-state index in [9.17, 15) is 8.42 Å². The molecule has 1 heterocycles. The minimum Gasteiger partial charge on any atom is -0.491 e. The lowest BCUT2D eigenvalue weighted by Gasteiger charge is -2.32. The van der Waals surface area contributed by atoms with Crippen molar-refractivity contribution in [2.45, 2.75) is 17.9 Å². The van der Waals surface area contributed by atoms with E-state index in [2.05, 4.69) is 5.32 Å². The molecule has 0 spiro atoms. The Balaban J connectivity index is 2.09. The van der Waals surface area contributed by atoms with Crippen LogP contribution in [-0.4, -0.2) is 58.7 Å². The van der Waals surface area contributed by atoms with Crippen LogP contribution in [0.2, 0.25) is 0 Å². The Labute approximate surface area is 126 Å². The molecule has 1 N–H and O–H groups in total. The molecule has 1 aliphatic rings. The fourth-order valence-corrected chi connectivity index (χ4v) is 3.90. The maximum Gasteiger partial charge on any atom is 0.243 e. The summed E-state index contributed by atoms with van der Waals surface area (Å²) in [7, 11) is -1.84. The summed E-state index contributed by atoms with van der Waals surface area (Å²) >= 11 is 0. The minimum atomic E-state index is -3.44. The average molecular weight is 314 g/mol. The topological polar surface area (TPSA) is 67.9 Å². The number of rotatable bonds is 6. The van der Waals surface area contributed by atoms with Crippen LogP contribution in [0.1, 0.15) is 6.92 Å². The molecule has 118 valence electrons. The van der Waals surface area contributed by atoms with Gasteiger partial charge >= 0.3 is 0 Å². The SMILES string of the molecule is COCCOc1ccc(S(=O)(=O)N2CCNCC2C)cc1. The standard InChI is InChI=1S/C14H22N2O4S/c1-12-11-15-7-8-16(12)21(17,18)14-5-3-13(4-6-14)20-10-9-19-2/h3-6,12,15H,7-11H2,1-2H3. The highest BCUT2D eigenvalue weighted by Gasteiger charge is 2.30. The third kappa shape index (κ3) is 3.94. The molecule has 0 amide bonds. The van der Waals surface area contributed by atoms with Crippen molar-refractivity contribution in [1.29, 1.82) is 0 Å². The second kappa shape index (κ2) is 7.22. The van der Waals surface area contributed by atoms with Crippen molar-refractivity contribution in [1.82, 2.24) is 9.62 Å². The predicted octanol–water partition coefficient (Wildman–Crippen LogP) is 0.694. The van der Waals surface area contributed by atoms with Crippen LogP contribution in [0.4, 0.5) is 0 Å². The first-order valence-corrected chi connectivity index (χ1v) is 8.44. The van der Waals surface area contributed by atoms with Crippen LogP contribution in [0, 0.1) is 0 Å². The summed E-state index contributed by atoms with van der Waals surface area (Å²) in [6, 6.07) is 6.49. The zero-order chi connectivity index (χ0) is 15.3. The van der Waals surface area contributed by atoms with Crippen molar-refractivity contribution in [3.05, 3.63) is 24.3 Å². The summed E-state index contributed by atoms with van der Waals surface area (Å²) in [6.07, 6.45) is 0. The molecule has 0 bridgehead atoms. The molecule has 1 aromatic carbocycles. The summed E-state index contributed by atoms with van der Waals surface area (Å²) in [5.74, 6) is 0.638. The van der Waals surface area contributed by atoms with Crippen LogP contribution < -0.4 is 10.1 Å². The lowest BCUT2D eigenvalue weighted by molar-refractivity contribution is 0.146. The van der Waals surface area contributed by atoms with Crippen molar-refractivity contribution in [2.75, 3.05) is 40.0 Å². The monoisotopic (exact) mass is 314 g/mol. The maximum absolute atomic E-state index is 12.6. The molecule has 2 rings (SSSR count). The van der Waals surface area contributed by atoms with Gasteiger partial charge in [0.15, 0.2) is 0 Å². The summed E-state index contributed by atoms with van der Waals surface area (Å²) in [5.41, 5.74) is 0. The van der Waals surface area contributed by atoms with Gasteiger partial charge in [-0.2, -0.15) is 4.31 Å². The third-order valence-electron chi connectivity index (χ3n) is 3.43. The van der Waals surface area contributed by atoms with Gasteiger partial charge in [-0.1, -0.05) is 0 Å². The predicted molar refractivity (Wildman–Crippen MR) is 80.0 cm³/mol. The summed E-state index contributed by atoms with van der Waals surface area (Å²) in [6.45, 7) is 4.70. The Hall–Kier alpha value is -1.15. The van der Waals surface area contributed by atoms with Crippen LogP contribution in [0.3, 0.4) is 0 Å². The van der Waals surface area contributed by atoms with Crippen molar-refractivity contribution in [2.24, 2.45) is 0 Å². The summed E-state index contributed by atoms with van der Waals surface area (Å²) in [5, 5.41) is 3.19. The number of hydrogen-bond donors (Lipinski definition) is 1. The molecular weight excluding hydrogens is 292 g/mol. The fourth-order valence-electron chi connectivity index (χ4n) is 2.27. The number of nitrogens with one attached hydrogen (secondary N) is 1. The first kappa shape index (κ1) is 16.2. The quantitative estimate of drug-likeness (QED) is 0.783. The van der Waals surface area contributed by atoms with Gasteiger partial charge in [0.1, 0.15) is 12.4 Å². The molecule has 0 aromatic heterocycles. The van der Waals surface area contributed by atoms with Crippen molar-refractivity contribution in [3.63, 3.8) is 0 Å². The van der Waals surface area contributed by atoms with E-state index in [1.54, 1.807) is 35.7 Å². The molecule has 1 saturated heterocycles. The van der Waals surface area contributed by atoms with E-state index in [1.165, 1.54) is 0 Å². The van der Waals surface area contributed by atoms with Crippen LogP contribution >= 0.6 is 0 Å². The lowest BCUT2D eigenvalue weighted by atomic mass is 10.3. The van der Waals surface area contributed by atoms with Crippen LogP contribution in [0.5, 0.6) is 5.75 Å². The Morgan fingerprint density at radius 3 is 2.62 bits per heavy atom. The average Bonchev–Trinajstić information content (AvgIpc) is 2.48. The van der Waals surface area contributed by atoms with E-state index in [1.807, 2.05) is 6.92 Å². The van der Waals surface area contributed by atoms with Crippen molar-refractivity contribution >= 4 is 10.0 Å². The Kier molecular flexibility index (Phi) is 5.58. The molecule has 1 aliphatic heterocycles. The zero-order valence-corrected chi connectivity index (χ0v) is 13.2. The van der Waals surface area contributed by atoms with Gasteiger partial charge in [-0.15, -0.1) is 0 Å². The van der Waals surface area contributed by atoms with E-state index in [0.29, 0.717) is 43.5 Å². The lowest BCUT2D eigenvalue weighted by Crippen LogP contribution is -2.52. The number of nitrogens with zero attached hydrogens (tertiary/aromatic N) is 1. The fraction of sp³-hybridized carbons (Fsp3) is 0.571. The third-order valence-corrected chi connectivity index (χ3v) is 5.45. The second-order valence-corrected chi connectivity index (χ2v) is 6.87. The molecule has 1 atom stereocenters. The molecule has 21 heavy (non-hydrogen) atoms. The van der Waals surface area contributed by atoms with Crippen LogP contribution in [0.25, 0.3) is 0 Å². The largest absolute Gasteiger partial charge is 0.491 e. The van der Waals surface area contributed by atoms with E-state index >= 15 is 0 Å². The van der Waals surface area contributed by atoms with Gasteiger partial charge in [-0.25, -0.2) is 8.42 Å². The van der Waals surface area contributed by atoms with Crippen LogP contribution in [-0.2, 0) is 14.8 Å². The minimum absolute atomic E-state index is 0.0404. The second-order valence-electron chi connectivity index (χ2n) is 4.98. The Morgan fingerprint density at radius 2 is 2.00 bits per heavy atom. The molecule has 7 heteroatoms. The van der Waals surface area contributed by atoms with Gasteiger partial charge in [0.2, 0.25) is 10.0 Å². The molecule has 0 radical (unpaired) electrons. The maximum atomic E-state index is 12.6.